The molecule has 0 aromatic rings. The van der Waals surface area contributed by atoms with Crippen LogP contribution in [-0.4, -0.2) is 35.7 Å². The van der Waals surface area contributed by atoms with Gasteiger partial charge in [-0.05, 0) is 45.7 Å². The zero-order valence-electron chi connectivity index (χ0n) is 9.38. The summed E-state index contributed by atoms with van der Waals surface area (Å²) in [5, 5.41) is 10.5. The lowest BCUT2D eigenvalue weighted by molar-refractivity contribution is -0.0287. The van der Waals surface area contributed by atoms with Crippen molar-refractivity contribution in [3.8, 4) is 0 Å². The first-order chi connectivity index (χ1) is 5.96. The second-order valence-electron chi connectivity index (χ2n) is 5.07. The minimum atomic E-state index is -0.419. The van der Waals surface area contributed by atoms with Crippen molar-refractivity contribution in [2.24, 2.45) is 5.92 Å². The molecule has 0 saturated heterocycles. The highest BCUT2D eigenvalue weighted by Crippen LogP contribution is 2.37. The predicted molar refractivity (Wildman–Crippen MR) is 55.7 cm³/mol. The van der Waals surface area contributed by atoms with Crippen molar-refractivity contribution in [1.82, 2.24) is 4.90 Å². The van der Waals surface area contributed by atoms with Gasteiger partial charge in [0, 0.05) is 6.04 Å². The van der Waals surface area contributed by atoms with Crippen LogP contribution in [0.15, 0.2) is 0 Å². The molecule has 0 amide bonds. The molecule has 0 spiro atoms. The third-order valence-electron chi connectivity index (χ3n) is 3.09. The standard InChI is InChI=1S/C11H23NO/c1-9(2)8-11(13)7-5-6-10(11)12(3)4/h9-10,13H,5-8H2,1-4H3. The average Bonchev–Trinajstić information content (AvgIpc) is 2.28. The smallest absolute Gasteiger partial charge is 0.0804 e. The van der Waals surface area contributed by atoms with Crippen LogP contribution < -0.4 is 0 Å². The lowest BCUT2D eigenvalue weighted by Gasteiger charge is -2.35. The van der Waals surface area contributed by atoms with Crippen LogP contribution in [0.3, 0.4) is 0 Å². The number of likely N-dealkylation sites (N-methyl/N-ethyl adjacent to an activating group) is 1. The van der Waals surface area contributed by atoms with Crippen molar-refractivity contribution >= 4 is 0 Å². The maximum absolute atomic E-state index is 10.5. The summed E-state index contributed by atoms with van der Waals surface area (Å²) in [5.41, 5.74) is -0.419. The molecule has 2 atom stereocenters. The van der Waals surface area contributed by atoms with Gasteiger partial charge in [0.25, 0.3) is 0 Å². The molecular formula is C11H23NO. The summed E-state index contributed by atoms with van der Waals surface area (Å²) in [6.07, 6.45) is 4.24. The van der Waals surface area contributed by atoms with E-state index >= 15 is 0 Å². The Balaban J connectivity index is 2.64. The average molecular weight is 185 g/mol. The minimum absolute atomic E-state index is 0.370. The Hall–Kier alpha value is -0.0800. The highest BCUT2D eigenvalue weighted by Gasteiger charge is 2.42. The summed E-state index contributed by atoms with van der Waals surface area (Å²) in [4.78, 5) is 2.18. The fourth-order valence-corrected chi connectivity index (χ4v) is 2.72. The van der Waals surface area contributed by atoms with E-state index in [9.17, 15) is 5.11 Å². The van der Waals surface area contributed by atoms with E-state index in [4.69, 9.17) is 0 Å². The Morgan fingerprint density at radius 3 is 2.54 bits per heavy atom. The molecular weight excluding hydrogens is 162 g/mol. The molecule has 13 heavy (non-hydrogen) atoms. The quantitative estimate of drug-likeness (QED) is 0.725. The molecule has 1 N–H and O–H groups in total. The number of hydrogen-bond acceptors (Lipinski definition) is 2. The summed E-state index contributed by atoms with van der Waals surface area (Å²) < 4.78 is 0. The molecule has 1 aliphatic rings. The second-order valence-corrected chi connectivity index (χ2v) is 5.07. The molecule has 0 aliphatic heterocycles. The fourth-order valence-electron chi connectivity index (χ4n) is 2.72. The van der Waals surface area contributed by atoms with Crippen molar-refractivity contribution in [3.05, 3.63) is 0 Å². The largest absolute Gasteiger partial charge is 0.388 e. The van der Waals surface area contributed by atoms with Gasteiger partial charge in [-0.15, -0.1) is 0 Å². The van der Waals surface area contributed by atoms with E-state index in [-0.39, 0.29) is 0 Å². The fraction of sp³-hybridized carbons (Fsp3) is 1.00. The number of aliphatic hydroxyl groups is 1. The number of nitrogens with zero attached hydrogens (tertiary/aromatic N) is 1. The summed E-state index contributed by atoms with van der Waals surface area (Å²) in [5.74, 6) is 0.588. The Morgan fingerprint density at radius 1 is 1.46 bits per heavy atom. The van der Waals surface area contributed by atoms with Crippen LogP contribution in [0.2, 0.25) is 0 Å². The molecule has 1 saturated carbocycles. The zero-order chi connectivity index (χ0) is 10.1. The molecule has 2 heteroatoms. The lowest BCUT2D eigenvalue weighted by Crippen LogP contribution is -2.46. The first-order valence-electron chi connectivity index (χ1n) is 5.34. The van der Waals surface area contributed by atoms with Gasteiger partial charge in [-0.25, -0.2) is 0 Å². The summed E-state index contributed by atoms with van der Waals surface area (Å²) in [6.45, 7) is 4.37. The number of rotatable bonds is 3. The van der Waals surface area contributed by atoms with E-state index < -0.39 is 5.60 Å². The van der Waals surface area contributed by atoms with Crippen LogP contribution in [0.25, 0.3) is 0 Å². The van der Waals surface area contributed by atoms with E-state index in [0.717, 1.165) is 19.3 Å². The van der Waals surface area contributed by atoms with Gasteiger partial charge in [-0.2, -0.15) is 0 Å². The van der Waals surface area contributed by atoms with Gasteiger partial charge in [-0.1, -0.05) is 13.8 Å². The molecule has 1 aliphatic carbocycles. The van der Waals surface area contributed by atoms with E-state index in [1.165, 1.54) is 6.42 Å². The van der Waals surface area contributed by atoms with Crippen LogP contribution in [0.4, 0.5) is 0 Å². The van der Waals surface area contributed by atoms with Gasteiger partial charge < -0.3 is 10.0 Å². The van der Waals surface area contributed by atoms with Crippen molar-refractivity contribution in [2.45, 2.75) is 51.2 Å². The Kier molecular flexibility index (Phi) is 3.36. The lowest BCUT2D eigenvalue weighted by atomic mass is 9.87. The maximum Gasteiger partial charge on any atom is 0.0804 e. The highest BCUT2D eigenvalue weighted by molar-refractivity contribution is 4.97. The Morgan fingerprint density at radius 2 is 2.08 bits per heavy atom. The van der Waals surface area contributed by atoms with Crippen LogP contribution in [0, 0.1) is 5.92 Å². The van der Waals surface area contributed by atoms with Crippen LogP contribution in [0.5, 0.6) is 0 Å². The molecule has 0 aromatic heterocycles. The molecule has 2 nitrogen and oxygen atoms in total. The normalized spacial score (nSPS) is 34.8. The van der Waals surface area contributed by atoms with Crippen molar-refractivity contribution in [1.29, 1.82) is 0 Å². The first kappa shape index (κ1) is 11.0. The van der Waals surface area contributed by atoms with Gasteiger partial charge in [0.05, 0.1) is 5.60 Å². The molecule has 78 valence electrons. The zero-order valence-corrected chi connectivity index (χ0v) is 9.38. The highest BCUT2D eigenvalue weighted by atomic mass is 16.3. The molecule has 2 unspecified atom stereocenters. The van der Waals surface area contributed by atoms with Crippen LogP contribution >= 0.6 is 0 Å². The predicted octanol–water partition coefficient (Wildman–Crippen LogP) is 1.88. The maximum atomic E-state index is 10.5. The summed E-state index contributed by atoms with van der Waals surface area (Å²) in [7, 11) is 4.14. The molecule has 0 aromatic carbocycles. The van der Waals surface area contributed by atoms with Crippen LogP contribution in [0.1, 0.15) is 39.5 Å². The third-order valence-corrected chi connectivity index (χ3v) is 3.09. The number of hydrogen-bond donors (Lipinski definition) is 1. The van der Waals surface area contributed by atoms with Gasteiger partial charge in [0.15, 0.2) is 0 Å². The summed E-state index contributed by atoms with van der Waals surface area (Å²) in [6, 6.07) is 0.370. The van der Waals surface area contributed by atoms with E-state index in [1.807, 2.05) is 0 Å². The van der Waals surface area contributed by atoms with Crippen molar-refractivity contribution < 1.29 is 5.11 Å². The van der Waals surface area contributed by atoms with Crippen molar-refractivity contribution in [2.75, 3.05) is 14.1 Å². The Bertz CT molecular complexity index is 167. The molecule has 1 fully saturated rings. The topological polar surface area (TPSA) is 23.5 Å². The second kappa shape index (κ2) is 3.97. The van der Waals surface area contributed by atoms with Crippen LogP contribution in [-0.2, 0) is 0 Å². The van der Waals surface area contributed by atoms with Gasteiger partial charge in [0.2, 0.25) is 0 Å². The molecule has 0 heterocycles. The third kappa shape index (κ3) is 2.44. The SMILES string of the molecule is CC(C)CC1(O)CCCC1N(C)C. The monoisotopic (exact) mass is 185 g/mol. The first-order valence-corrected chi connectivity index (χ1v) is 5.34. The van der Waals surface area contributed by atoms with E-state index in [0.29, 0.717) is 12.0 Å². The van der Waals surface area contributed by atoms with Gasteiger partial charge >= 0.3 is 0 Å². The summed E-state index contributed by atoms with van der Waals surface area (Å²) >= 11 is 0. The minimum Gasteiger partial charge on any atom is -0.388 e. The van der Waals surface area contributed by atoms with Crippen molar-refractivity contribution in [3.63, 3.8) is 0 Å². The Labute approximate surface area is 81.9 Å². The molecule has 0 radical (unpaired) electrons. The van der Waals surface area contributed by atoms with E-state index in [1.54, 1.807) is 0 Å². The molecule has 0 bridgehead atoms. The molecule has 1 rings (SSSR count). The van der Waals surface area contributed by atoms with Gasteiger partial charge in [-0.3, -0.25) is 0 Å². The van der Waals surface area contributed by atoms with Gasteiger partial charge in [0.1, 0.15) is 0 Å². The van der Waals surface area contributed by atoms with E-state index in [2.05, 4.69) is 32.8 Å².